The summed E-state index contributed by atoms with van der Waals surface area (Å²) in [4.78, 5) is 12.6. The summed E-state index contributed by atoms with van der Waals surface area (Å²) in [7, 11) is 3.10. The van der Waals surface area contributed by atoms with E-state index >= 15 is 0 Å². The van der Waals surface area contributed by atoms with Crippen molar-refractivity contribution in [3.8, 4) is 0 Å². The molecule has 1 aliphatic rings. The van der Waals surface area contributed by atoms with Crippen LogP contribution in [0.5, 0.6) is 0 Å². The molecular weight excluding hydrogens is 157 g/mol. The van der Waals surface area contributed by atoms with Crippen molar-refractivity contribution in [1.29, 1.82) is 0 Å². The summed E-state index contributed by atoms with van der Waals surface area (Å²) in [5.41, 5.74) is -1.82. The highest BCUT2D eigenvalue weighted by molar-refractivity contribution is 5.87. The Kier molecular flexibility index (Phi) is 2.31. The van der Waals surface area contributed by atoms with Gasteiger partial charge < -0.3 is 4.90 Å². The highest BCUT2D eigenvalue weighted by Gasteiger charge is 2.36. The lowest BCUT2D eigenvalue weighted by atomic mass is 9.96. The molecule has 0 N–H and O–H groups in total. The van der Waals surface area contributed by atoms with E-state index in [-0.39, 0.29) is 6.42 Å². The van der Waals surface area contributed by atoms with Gasteiger partial charge in [0.15, 0.2) is 0 Å². The van der Waals surface area contributed by atoms with Gasteiger partial charge >= 0.3 is 0 Å². The van der Waals surface area contributed by atoms with Gasteiger partial charge in [0.05, 0.1) is 0 Å². The van der Waals surface area contributed by atoms with Crippen molar-refractivity contribution in [2.45, 2.75) is 12.1 Å². The molecule has 1 amide bonds. The highest BCUT2D eigenvalue weighted by Crippen LogP contribution is 2.24. The van der Waals surface area contributed by atoms with E-state index in [9.17, 15) is 9.18 Å². The highest BCUT2D eigenvalue weighted by atomic mass is 19.1. The maximum Gasteiger partial charge on any atom is 0.264 e. The Bertz CT molecular complexity index is 245. The van der Waals surface area contributed by atoms with Crippen molar-refractivity contribution in [1.82, 2.24) is 4.90 Å². The number of hydrogen-bond acceptors (Lipinski definition) is 1. The van der Waals surface area contributed by atoms with Gasteiger partial charge in [-0.2, -0.15) is 0 Å². The van der Waals surface area contributed by atoms with E-state index in [4.69, 9.17) is 0 Å². The second-order valence-corrected chi connectivity index (χ2v) is 3.05. The zero-order valence-electron chi connectivity index (χ0n) is 7.25. The maximum atomic E-state index is 13.7. The topological polar surface area (TPSA) is 20.3 Å². The van der Waals surface area contributed by atoms with Crippen LogP contribution in [0, 0.1) is 0 Å². The minimum absolute atomic E-state index is 0.139. The summed E-state index contributed by atoms with van der Waals surface area (Å²) < 4.78 is 13.7. The molecule has 0 saturated heterocycles. The maximum absolute atomic E-state index is 13.7. The van der Waals surface area contributed by atoms with Crippen molar-refractivity contribution >= 4 is 5.91 Å². The largest absolute Gasteiger partial charge is 0.346 e. The monoisotopic (exact) mass is 169 g/mol. The van der Waals surface area contributed by atoms with E-state index in [2.05, 4.69) is 0 Å². The predicted octanol–water partition coefficient (Wildman–Crippen LogP) is 1.30. The molecule has 0 aromatic carbocycles. The summed E-state index contributed by atoms with van der Waals surface area (Å²) in [5, 5.41) is 0. The third-order valence-electron chi connectivity index (χ3n) is 1.78. The first-order chi connectivity index (χ1) is 5.56. The van der Waals surface area contributed by atoms with Crippen LogP contribution in [-0.2, 0) is 4.79 Å². The van der Waals surface area contributed by atoms with Crippen LogP contribution < -0.4 is 0 Å². The molecule has 2 nitrogen and oxygen atoms in total. The van der Waals surface area contributed by atoms with E-state index in [1.165, 1.54) is 11.0 Å². The van der Waals surface area contributed by atoms with Crippen LogP contribution in [0.2, 0.25) is 0 Å². The van der Waals surface area contributed by atoms with Crippen molar-refractivity contribution in [2.75, 3.05) is 14.1 Å². The van der Waals surface area contributed by atoms with Crippen LogP contribution in [0.25, 0.3) is 0 Å². The Balaban J connectivity index is 2.79. The molecule has 1 atom stereocenters. The van der Waals surface area contributed by atoms with Crippen molar-refractivity contribution < 1.29 is 9.18 Å². The number of amides is 1. The molecule has 0 saturated carbocycles. The first-order valence-corrected chi connectivity index (χ1v) is 3.81. The van der Waals surface area contributed by atoms with Crippen LogP contribution in [0.4, 0.5) is 4.39 Å². The Morgan fingerprint density at radius 2 is 2.17 bits per heavy atom. The molecule has 0 bridgehead atoms. The number of allylic oxidation sites excluding steroid dienone is 3. The van der Waals surface area contributed by atoms with Crippen molar-refractivity contribution in [3.63, 3.8) is 0 Å². The van der Waals surface area contributed by atoms with Gasteiger partial charge in [-0.15, -0.1) is 0 Å². The number of alkyl halides is 1. The second kappa shape index (κ2) is 3.09. The fourth-order valence-corrected chi connectivity index (χ4v) is 1.12. The van der Waals surface area contributed by atoms with Crippen LogP contribution in [0.1, 0.15) is 6.42 Å². The van der Waals surface area contributed by atoms with Gasteiger partial charge in [-0.25, -0.2) is 4.39 Å². The van der Waals surface area contributed by atoms with Gasteiger partial charge in [0.1, 0.15) is 0 Å². The van der Waals surface area contributed by atoms with Gasteiger partial charge in [-0.3, -0.25) is 4.79 Å². The number of carbonyl (C=O) groups excluding carboxylic acids is 1. The molecule has 1 rings (SSSR count). The Hall–Kier alpha value is -1.12. The average Bonchev–Trinajstić information content (AvgIpc) is 2.04. The molecular formula is C9H12FNO. The predicted molar refractivity (Wildman–Crippen MR) is 45.4 cm³/mol. The van der Waals surface area contributed by atoms with E-state index in [0.29, 0.717) is 0 Å². The van der Waals surface area contributed by atoms with E-state index in [0.717, 1.165) is 0 Å². The fourth-order valence-electron chi connectivity index (χ4n) is 1.12. The molecule has 12 heavy (non-hydrogen) atoms. The lowest BCUT2D eigenvalue weighted by Gasteiger charge is -2.24. The Morgan fingerprint density at radius 3 is 2.58 bits per heavy atom. The summed E-state index contributed by atoms with van der Waals surface area (Å²) in [6.07, 6.45) is 6.39. The third kappa shape index (κ3) is 1.55. The Morgan fingerprint density at radius 1 is 1.50 bits per heavy atom. The van der Waals surface area contributed by atoms with Crippen LogP contribution in [-0.4, -0.2) is 30.6 Å². The molecule has 0 aromatic rings. The van der Waals surface area contributed by atoms with E-state index in [1.54, 1.807) is 32.3 Å². The molecule has 0 spiro atoms. The molecule has 0 aliphatic heterocycles. The minimum atomic E-state index is -1.82. The SMILES string of the molecule is CN(C)C(=O)C1(F)C=CC=CC1. The molecule has 66 valence electrons. The zero-order valence-corrected chi connectivity index (χ0v) is 7.25. The molecule has 0 aromatic heterocycles. The molecule has 0 radical (unpaired) electrons. The van der Waals surface area contributed by atoms with Gasteiger partial charge in [0.2, 0.25) is 5.67 Å². The number of carbonyl (C=O) groups is 1. The van der Waals surface area contributed by atoms with Gasteiger partial charge in [-0.05, 0) is 6.08 Å². The lowest BCUT2D eigenvalue weighted by molar-refractivity contribution is -0.138. The number of halogens is 1. The van der Waals surface area contributed by atoms with Crippen molar-refractivity contribution in [3.05, 3.63) is 24.3 Å². The molecule has 3 heteroatoms. The van der Waals surface area contributed by atoms with Crippen molar-refractivity contribution in [2.24, 2.45) is 0 Å². The summed E-state index contributed by atoms with van der Waals surface area (Å²) in [6.45, 7) is 0. The Labute approximate surface area is 71.4 Å². The lowest BCUT2D eigenvalue weighted by Crippen LogP contribution is -2.41. The fraction of sp³-hybridized carbons (Fsp3) is 0.444. The van der Waals surface area contributed by atoms with Gasteiger partial charge in [0, 0.05) is 20.5 Å². The average molecular weight is 169 g/mol. The number of nitrogens with zero attached hydrogens (tertiary/aromatic N) is 1. The molecule has 1 unspecified atom stereocenters. The summed E-state index contributed by atoms with van der Waals surface area (Å²) in [6, 6.07) is 0. The van der Waals surface area contributed by atoms with E-state index < -0.39 is 11.6 Å². The molecule has 1 aliphatic carbocycles. The summed E-state index contributed by atoms with van der Waals surface area (Å²) >= 11 is 0. The van der Waals surface area contributed by atoms with Crippen LogP contribution >= 0.6 is 0 Å². The normalized spacial score (nSPS) is 27.2. The van der Waals surface area contributed by atoms with Gasteiger partial charge in [0.25, 0.3) is 5.91 Å². The first kappa shape index (κ1) is 8.97. The summed E-state index contributed by atoms with van der Waals surface area (Å²) in [5.74, 6) is -0.497. The zero-order chi connectivity index (χ0) is 9.19. The van der Waals surface area contributed by atoms with Crippen LogP contribution in [0.3, 0.4) is 0 Å². The van der Waals surface area contributed by atoms with Crippen LogP contribution in [0.15, 0.2) is 24.3 Å². The van der Waals surface area contributed by atoms with E-state index in [1.807, 2.05) is 0 Å². The van der Waals surface area contributed by atoms with Gasteiger partial charge in [-0.1, -0.05) is 18.2 Å². The standard InChI is InChI=1S/C9H12FNO/c1-11(2)8(12)9(10)6-4-3-5-7-9/h3-6H,7H2,1-2H3. The molecule has 0 fully saturated rings. The minimum Gasteiger partial charge on any atom is -0.346 e. The third-order valence-corrected chi connectivity index (χ3v) is 1.78. The second-order valence-electron chi connectivity index (χ2n) is 3.05. The number of rotatable bonds is 1. The molecule has 0 heterocycles. The first-order valence-electron chi connectivity index (χ1n) is 3.81. The number of hydrogen-bond donors (Lipinski definition) is 0. The smallest absolute Gasteiger partial charge is 0.264 e. The quantitative estimate of drug-likeness (QED) is 0.579.